The number of unbranched alkanes of at least 4 members (excludes halogenated alkanes) is 33. The Bertz CT molecular complexity index is 1340. The molecule has 1 atom stereocenters. The second-order valence-electron chi connectivity index (χ2n) is 20.6. The smallest absolute Gasteiger partial charge is 0.306 e. The van der Waals surface area contributed by atoms with Gasteiger partial charge in [-0.25, -0.2) is 0 Å². The molecule has 72 heavy (non-hydrogen) atoms. The first kappa shape index (κ1) is 68.8. The first-order valence-electron chi connectivity index (χ1n) is 30.9. The van der Waals surface area contributed by atoms with Crippen molar-refractivity contribution in [1.29, 1.82) is 0 Å². The minimum atomic E-state index is -0.791. The molecule has 0 aliphatic rings. The highest BCUT2D eigenvalue weighted by Gasteiger charge is 2.19. The van der Waals surface area contributed by atoms with Gasteiger partial charge in [0, 0.05) is 19.3 Å². The lowest BCUT2D eigenvalue weighted by Gasteiger charge is -2.18. The van der Waals surface area contributed by atoms with Crippen LogP contribution in [-0.4, -0.2) is 37.2 Å². The molecule has 416 valence electrons. The second kappa shape index (κ2) is 60.4. The zero-order valence-electron chi connectivity index (χ0n) is 47.7. The van der Waals surface area contributed by atoms with E-state index in [1.54, 1.807) is 0 Å². The number of esters is 3. The third-order valence-electron chi connectivity index (χ3n) is 13.4. The van der Waals surface area contributed by atoms with Crippen LogP contribution in [0.25, 0.3) is 0 Å². The van der Waals surface area contributed by atoms with E-state index in [0.717, 1.165) is 96.3 Å². The van der Waals surface area contributed by atoms with Gasteiger partial charge >= 0.3 is 17.9 Å². The standard InChI is InChI=1S/C66H116O6/c1-4-7-10-13-16-19-22-25-28-31-33-36-38-41-44-47-50-53-56-59-65(68)71-62-63(61-70-64(67)58-55-52-49-46-43-40-37-34-30-27-24-21-18-15-12-9-6-3)72-66(69)60-57-54-51-48-45-42-39-35-32-29-26-23-20-17-14-11-8-5-2/h7,10,16,19,25,28-29,32-33,36,41,44,63H,4-6,8-9,11-15,17-18,20-24,26-27,30-31,34-35,37-40,42-43,45-62H2,1-3H3/b10-7-,19-16-,28-25-,32-29-,36-33-,44-41-. The van der Waals surface area contributed by atoms with Gasteiger partial charge in [0.1, 0.15) is 13.2 Å². The summed E-state index contributed by atoms with van der Waals surface area (Å²) in [7, 11) is 0. The molecule has 0 heterocycles. The highest BCUT2D eigenvalue weighted by molar-refractivity contribution is 5.71. The molecule has 0 aromatic rings. The van der Waals surface area contributed by atoms with Crippen molar-refractivity contribution < 1.29 is 28.6 Å². The van der Waals surface area contributed by atoms with Crippen LogP contribution in [0.3, 0.4) is 0 Å². The fourth-order valence-corrected chi connectivity index (χ4v) is 8.82. The predicted molar refractivity (Wildman–Crippen MR) is 311 cm³/mol. The summed E-state index contributed by atoms with van der Waals surface area (Å²) < 4.78 is 16.9. The lowest BCUT2D eigenvalue weighted by atomic mass is 10.0. The molecule has 0 aliphatic carbocycles. The second-order valence-corrected chi connectivity index (χ2v) is 20.6. The van der Waals surface area contributed by atoms with E-state index in [-0.39, 0.29) is 31.1 Å². The van der Waals surface area contributed by atoms with Gasteiger partial charge in [-0.15, -0.1) is 0 Å². The summed E-state index contributed by atoms with van der Waals surface area (Å²) in [5.74, 6) is -0.908. The molecule has 0 spiro atoms. The molecule has 0 radical (unpaired) electrons. The topological polar surface area (TPSA) is 78.9 Å². The van der Waals surface area contributed by atoms with Crippen molar-refractivity contribution in [3.05, 3.63) is 72.9 Å². The van der Waals surface area contributed by atoms with Gasteiger partial charge in [0.2, 0.25) is 0 Å². The Labute approximate surface area is 446 Å². The molecule has 0 saturated carbocycles. The van der Waals surface area contributed by atoms with Crippen LogP contribution in [0.1, 0.15) is 310 Å². The van der Waals surface area contributed by atoms with Crippen molar-refractivity contribution in [2.75, 3.05) is 13.2 Å². The number of allylic oxidation sites excluding steroid dienone is 12. The van der Waals surface area contributed by atoms with Crippen LogP contribution < -0.4 is 0 Å². The number of ether oxygens (including phenoxy) is 3. The van der Waals surface area contributed by atoms with Gasteiger partial charge < -0.3 is 14.2 Å². The zero-order chi connectivity index (χ0) is 52.2. The van der Waals surface area contributed by atoms with Crippen molar-refractivity contribution in [2.45, 2.75) is 316 Å². The monoisotopic (exact) mass is 1000 g/mol. The summed E-state index contributed by atoms with van der Waals surface area (Å²) in [6.45, 7) is 6.53. The Morgan fingerprint density at radius 1 is 0.292 bits per heavy atom. The largest absolute Gasteiger partial charge is 0.462 e. The van der Waals surface area contributed by atoms with Crippen LogP contribution in [0, 0.1) is 0 Å². The highest BCUT2D eigenvalue weighted by Crippen LogP contribution is 2.16. The normalized spacial score (nSPS) is 12.5. The Hall–Kier alpha value is -3.15. The molecule has 0 aliphatic heterocycles. The molecule has 0 N–H and O–H groups in total. The number of carbonyl (C=O) groups is 3. The van der Waals surface area contributed by atoms with Crippen LogP contribution in [0.5, 0.6) is 0 Å². The first-order valence-corrected chi connectivity index (χ1v) is 30.9. The summed E-state index contributed by atoms with van der Waals surface area (Å²) in [5, 5.41) is 0. The fraction of sp³-hybridized carbons (Fsp3) is 0.773. The van der Waals surface area contributed by atoms with Gasteiger partial charge in [-0.2, -0.15) is 0 Å². The fourth-order valence-electron chi connectivity index (χ4n) is 8.82. The molecule has 0 amide bonds. The molecule has 6 nitrogen and oxygen atoms in total. The Morgan fingerprint density at radius 3 is 0.875 bits per heavy atom. The van der Waals surface area contributed by atoms with Crippen molar-refractivity contribution in [2.24, 2.45) is 0 Å². The van der Waals surface area contributed by atoms with Gasteiger partial charge in [0.05, 0.1) is 0 Å². The molecule has 0 saturated heterocycles. The van der Waals surface area contributed by atoms with E-state index in [1.807, 2.05) is 0 Å². The Kier molecular flexibility index (Phi) is 57.8. The first-order chi connectivity index (χ1) is 35.5. The van der Waals surface area contributed by atoms with Crippen LogP contribution in [-0.2, 0) is 28.6 Å². The van der Waals surface area contributed by atoms with Gasteiger partial charge in [-0.3, -0.25) is 14.4 Å². The van der Waals surface area contributed by atoms with Gasteiger partial charge in [0.15, 0.2) is 6.10 Å². The summed E-state index contributed by atoms with van der Waals surface area (Å²) in [6.07, 6.45) is 77.5. The van der Waals surface area contributed by atoms with Crippen molar-refractivity contribution in [3.63, 3.8) is 0 Å². The van der Waals surface area contributed by atoms with Gasteiger partial charge in [-0.05, 0) is 89.9 Å². The number of rotatable bonds is 56. The molecule has 6 heteroatoms. The van der Waals surface area contributed by atoms with Crippen LogP contribution in [0.2, 0.25) is 0 Å². The molecule has 1 unspecified atom stereocenters. The third-order valence-corrected chi connectivity index (χ3v) is 13.4. The Morgan fingerprint density at radius 2 is 0.542 bits per heavy atom. The van der Waals surface area contributed by atoms with Crippen molar-refractivity contribution >= 4 is 17.9 Å². The van der Waals surface area contributed by atoms with Gasteiger partial charge in [0.25, 0.3) is 0 Å². The van der Waals surface area contributed by atoms with E-state index in [9.17, 15) is 14.4 Å². The number of carbonyl (C=O) groups excluding carboxylic acids is 3. The molecule has 0 aromatic heterocycles. The SMILES string of the molecule is CC/C=C\C/C=C\C/C=C\C/C=C\C/C=C\CCCCCC(=O)OCC(COC(=O)CCCCCCCCCCCCCCCCCCC)OC(=O)CCCCCCCCC/C=C\CCCCCCCCC. The van der Waals surface area contributed by atoms with E-state index < -0.39 is 6.10 Å². The summed E-state index contributed by atoms with van der Waals surface area (Å²) in [5.41, 5.74) is 0. The quantitative estimate of drug-likeness (QED) is 0.0261. The predicted octanol–water partition coefficient (Wildman–Crippen LogP) is 20.9. The van der Waals surface area contributed by atoms with Gasteiger partial charge in [-0.1, -0.05) is 273 Å². The maximum atomic E-state index is 12.9. The minimum Gasteiger partial charge on any atom is -0.462 e. The summed E-state index contributed by atoms with van der Waals surface area (Å²) >= 11 is 0. The van der Waals surface area contributed by atoms with E-state index in [1.165, 1.54) is 173 Å². The highest BCUT2D eigenvalue weighted by atomic mass is 16.6. The van der Waals surface area contributed by atoms with E-state index in [0.29, 0.717) is 19.3 Å². The zero-order valence-corrected chi connectivity index (χ0v) is 47.7. The van der Waals surface area contributed by atoms with Crippen molar-refractivity contribution in [3.8, 4) is 0 Å². The van der Waals surface area contributed by atoms with E-state index in [2.05, 4.69) is 93.7 Å². The van der Waals surface area contributed by atoms with Crippen LogP contribution >= 0.6 is 0 Å². The maximum absolute atomic E-state index is 12.9. The molecule has 0 fully saturated rings. The average molecular weight is 1010 g/mol. The average Bonchev–Trinajstić information content (AvgIpc) is 3.38. The molecular formula is C66H116O6. The van der Waals surface area contributed by atoms with Crippen LogP contribution in [0.15, 0.2) is 72.9 Å². The minimum absolute atomic E-state index is 0.0849. The summed E-state index contributed by atoms with van der Waals surface area (Å²) in [6, 6.07) is 0. The number of hydrogen-bond acceptors (Lipinski definition) is 6. The lowest BCUT2D eigenvalue weighted by molar-refractivity contribution is -0.167. The third kappa shape index (κ3) is 57.7. The van der Waals surface area contributed by atoms with Crippen LogP contribution in [0.4, 0.5) is 0 Å². The Balaban J connectivity index is 4.42. The van der Waals surface area contributed by atoms with E-state index >= 15 is 0 Å². The molecule has 0 bridgehead atoms. The lowest BCUT2D eigenvalue weighted by Crippen LogP contribution is -2.30. The summed E-state index contributed by atoms with van der Waals surface area (Å²) in [4.78, 5) is 38.3. The van der Waals surface area contributed by atoms with Crippen molar-refractivity contribution in [1.82, 2.24) is 0 Å². The molecule has 0 aromatic carbocycles. The molecule has 0 rings (SSSR count). The van der Waals surface area contributed by atoms with E-state index in [4.69, 9.17) is 14.2 Å². The number of hydrogen-bond donors (Lipinski definition) is 0. The maximum Gasteiger partial charge on any atom is 0.306 e. The molecular weight excluding hydrogens is 889 g/mol.